The maximum absolute atomic E-state index is 11.9. The van der Waals surface area contributed by atoms with E-state index in [-0.39, 0.29) is 11.7 Å². The zero-order valence-corrected chi connectivity index (χ0v) is 10.6. The molecule has 1 N–H and O–H groups in total. The van der Waals surface area contributed by atoms with Crippen molar-refractivity contribution >= 4 is 23.1 Å². The van der Waals surface area contributed by atoms with Crippen molar-refractivity contribution in [2.75, 3.05) is 5.32 Å². The third-order valence-corrected chi connectivity index (χ3v) is 3.36. The molecule has 2 nitrogen and oxygen atoms in total. The molecule has 1 saturated carbocycles. The zero-order chi connectivity index (χ0) is 12.3. The fraction of sp³-hybridized carbons (Fsp3) is 0.357. The van der Waals surface area contributed by atoms with Gasteiger partial charge >= 0.3 is 0 Å². The van der Waals surface area contributed by atoms with E-state index in [0.29, 0.717) is 5.02 Å². The van der Waals surface area contributed by atoms with Gasteiger partial charge in [-0.2, -0.15) is 0 Å². The van der Waals surface area contributed by atoms with Crippen LogP contribution in [0, 0.1) is 5.92 Å². The maximum atomic E-state index is 11.9. The SMILES string of the molecule is C[C@@H]1CCC/C(=C/Nc2ccc(Cl)cc2)C1=O. The van der Waals surface area contributed by atoms with E-state index in [9.17, 15) is 4.79 Å². The number of benzene rings is 1. The first kappa shape index (κ1) is 12.2. The monoisotopic (exact) mass is 249 g/mol. The van der Waals surface area contributed by atoms with Gasteiger partial charge in [0, 0.05) is 28.4 Å². The molecule has 0 heterocycles. The number of halogens is 1. The minimum Gasteiger partial charge on any atom is -0.361 e. The van der Waals surface area contributed by atoms with Crippen molar-refractivity contribution in [2.45, 2.75) is 26.2 Å². The smallest absolute Gasteiger partial charge is 0.163 e. The van der Waals surface area contributed by atoms with E-state index in [1.54, 1.807) is 0 Å². The molecule has 0 spiro atoms. The number of ketones is 1. The minimum absolute atomic E-state index is 0.169. The van der Waals surface area contributed by atoms with Crippen LogP contribution < -0.4 is 5.32 Å². The molecule has 0 aliphatic heterocycles. The van der Waals surface area contributed by atoms with Crippen molar-refractivity contribution in [3.05, 3.63) is 41.1 Å². The van der Waals surface area contributed by atoms with Crippen LogP contribution in [0.1, 0.15) is 26.2 Å². The molecule has 1 fully saturated rings. The van der Waals surface area contributed by atoms with Crippen LogP contribution in [0.2, 0.25) is 5.02 Å². The average molecular weight is 250 g/mol. The average Bonchev–Trinajstić information content (AvgIpc) is 2.33. The lowest BCUT2D eigenvalue weighted by Gasteiger charge is -2.19. The van der Waals surface area contributed by atoms with Gasteiger partial charge in [0.2, 0.25) is 0 Å². The van der Waals surface area contributed by atoms with E-state index < -0.39 is 0 Å². The second-order valence-corrected chi connectivity index (χ2v) is 4.91. The minimum atomic E-state index is 0.169. The number of rotatable bonds is 2. The number of hydrogen-bond donors (Lipinski definition) is 1. The van der Waals surface area contributed by atoms with E-state index in [2.05, 4.69) is 5.32 Å². The van der Waals surface area contributed by atoms with Gasteiger partial charge in [-0.3, -0.25) is 4.79 Å². The Morgan fingerprint density at radius 3 is 2.76 bits per heavy atom. The fourth-order valence-corrected chi connectivity index (χ4v) is 2.16. The van der Waals surface area contributed by atoms with Gasteiger partial charge in [0.15, 0.2) is 5.78 Å². The molecule has 1 atom stereocenters. The van der Waals surface area contributed by atoms with E-state index in [1.165, 1.54) is 0 Å². The van der Waals surface area contributed by atoms with Gasteiger partial charge in [0.25, 0.3) is 0 Å². The molecule has 90 valence electrons. The highest BCUT2D eigenvalue weighted by Gasteiger charge is 2.22. The summed E-state index contributed by atoms with van der Waals surface area (Å²) in [5, 5.41) is 3.86. The molecule has 3 heteroatoms. The summed E-state index contributed by atoms with van der Waals surface area (Å²) in [6, 6.07) is 7.45. The molecule has 0 aromatic heterocycles. The number of anilines is 1. The fourth-order valence-electron chi connectivity index (χ4n) is 2.03. The molecule has 0 amide bonds. The highest BCUT2D eigenvalue weighted by atomic mass is 35.5. The van der Waals surface area contributed by atoms with Gasteiger partial charge < -0.3 is 5.32 Å². The molecule has 0 bridgehead atoms. The molecular weight excluding hydrogens is 234 g/mol. The summed E-state index contributed by atoms with van der Waals surface area (Å²) in [7, 11) is 0. The van der Waals surface area contributed by atoms with Crippen molar-refractivity contribution < 1.29 is 4.79 Å². The Morgan fingerprint density at radius 2 is 2.06 bits per heavy atom. The number of carbonyl (C=O) groups excluding carboxylic acids is 1. The number of hydrogen-bond acceptors (Lipinski definition) is 2. The predicted octanol–water partition coefficient (Wildman–Crippen LogP) is 4.02. The van der Waals surface area contributed by atoms with Crippen LogP contribution in [0.4, 0.5) is 5.69 Å². The van der Waals surface area contributed by atoms with Crippen molar-refractivity contribution in [1.82, 2.24) is 0 Å². The van der Waals surface area contributed by atoms with E-state index in [1.807, 2.05) is 37.4 Å². The molecule has 1 aliphatic carbocycles. The normalized spacial score (nSPS) is 22.8. The molecule has 17 heavy (non-hydrogen) atoms. The van der Waals surface area contributed by atoms with Crippen LogP contribution in [0.5, 0.6) is 0 Å². The Bertz CT molecular complexity index is 436. The Kier molecular flexibility index (Phi) is 3.85. The number of carbonyl (C=O) groups is 1. The summed E-state index contributed by atoms with van der Waals surface area (Å²) in [5.41, 5.74) is 1.85. The van der Waals surface area contributed by atoms with Gasteiger partial charge in [-0.25, -0.2) is 0 Å². The van der Waals surface area contributed by atoms with Crippen LogP contribution in [0.3, 0.4) is 0 Å². The molecule has 0 saturated heterocycles. The standard InChI is InChI=1S/C14H16ClNO/c1-10-3-2-4-11(14(10)17)9-16-13-7-5-12(15)6-8-13/h5-10,16H,2-4H2,1H3/b11-9-/t10-/m1/s1. The summed E-state index contributed by atoms with van der Waals surface area (Å²) in [5.74, 6) is 0.444. The summed E-state index contributed by atoms with van der Waals surface area (Å²) in [6.07, 6.45) is 4.82. The van der Waals surface area contributed by atoms with Crippen LogP contribution in [-0.4, -0.2) is 5.78 Å². The highest BCUT2D eigenvalue weighted by Crippen LogP contribution is 2.25. The van der Waals surface area contributed by atoms with E-state index in [4.69, 9.17) is 11.6 Å². The lowest BCUT2D eigenvalue weighted by molar-refractivity contribution is -0.119. The van der Waals surface area contributed by atoms with Crippen LogP contribution in [-0.2, 0) is 4.79 Å². The van der Waals surface area contributed by atoms with Crippen molar-refractivity contribution in [3.8, 4) is 0 Å². The Hall–Kier alpha value is -1.28. The largest absolute Gasteiger partial charge is 0.361 e. The molecule has 1 aromatic carbocycles. The summed E-state index contributed by atoms with van der Waals surface area (Å²) < 4.78 is 0. The quantitative estimate of drug-likeness (QED) is 0.802. The topological polar surface area (TPSA) is 29.1 Å². The van der Waals surface area contributed by atoms with Crippen LogP contribution in [0.15, 0.2) is 36.0 Å². The number of nitrogens with one attached hydrogen (secondary N) is 1. The maximum Gasteiger partial charge on any atom is 0.163 e. The van der Waals surface area contributed by atoms with Crippen molar-refractivity contribution in [2.24, 2.45) is 5.92 Å². The third kappa shape index (κ3) is 3.10. The summed E-state index contributed by atoms with van der Waals surface area (Å²) >= 11 is 5.81. The number of allylic oxidation sites excluding steroid dienone is 1. The van der Waals surface area contributed by atoms with Gasteiger partial charge in [-0.15, -0.1) is 0 Å². The lowest BCUT2D eigenvalue weighted by atomic mass is 9.86. The second kappa shape index (κ2) is 5.37. The van der Waals surface area contributed by atoms with E-state index >= 15 is 0 Å². The molecular formula is C14H16ClNO. The summed E-state index contributed by atoms with van der Waals surface area (Å²) in [4.78, 5) is 11.9. The number of Topliss-reactive ketones (excluding diaryl/α,β-unsaturated/α-hetero) is 1. The van der Waals surface area contributed by atoms with Gasteiger partial charge in [0.1, 0.15) is 0 Å². The van der Waals surface area contributed by atoms with Gasteiger partial charge in [-0.05, 0) is 43.5 Å². The second-order valence-electron chi connectivity index (χ2n) is 4.48. The first-order valence-corrected chi connectivity index (χ1v) is 6.30. The molecule has 0 unspecified atom stereocenters. The highest BCUT2D eigenvalue weighted by molar-refractivity contribution is 6.30. The summed E-state index contributed by atoms with van der Waals surface area (Å²) in [6.45, 7) is 2.00. The molecule has 0 radical (unpaired) electrons. The lowest BCUT2D eigenvalue weighted by Crippen LogP contribution is -2.19. The molecule has 1 aromatic rings. The zero-order valence-electron chi connectivity index (χ0n) is 9.87. The molecule has 2 rings (SSSR count). The van der Waals surface area contributed by atoms with E-state index in [0.717, 1.165) is 30.5 Å². The Morgan fingerprint density at radius 1 is 1.35 bits per heavy atom. The Balaban J connectivity index is 2.04. The Labute approximate surface area is 107 Å². The first-order chi connectivity index (χ1) is 8.16. The van der Waals surface area contributed by atoms with Crippen molar-refractivity contribution in [1.29, 1.82) is 0 Å². The first-order valence-electron chi connectivity index (χ1n) is 5.92. The molecule has 1 aliphatic rings. The van der Waals surface area contributed by atoms with Crippen LogP contribution in [0.25, 0.3) is 0 Å². The third-order valence-electron chi connectivity index (χ3n) is 3.10. The van der Waals surface area contributed by atoms with Crippen LogP contribution >= 0.6 is 11.6 Å². The van der Waals surface area contributed by atoms with Gasteiger partial charge in [-0.1, -0.05) is 18.5 Å². The predicted molar refractivity (Wildman–Crippen MR) is 71.2 cm³/mol. The van der Waals surface area contributed by atoms with Crippen molar-refractivity contribution in [3.63, 3.8) is 0 Å². The van der Waals surface area contributed by atoms with Gasteiger partial charge in [0.05, 0.1) is 0 Å².